The Labute approximate surface area is 109 Å². The lowest BCUT2D eigenvalue weighted by Crippen LogP contribution is -2.19. The summed E-state index contributed by atoms with van der Waals surface area (Å²) in [4.78, 5) is 7.30. The quantitative estimate of drug-likeness (QED) is 0.347. The normalized spacial score (nSPS) is 11.2. The predicted octanol–water partition coefficient (Wildman–Crippen LogP) is 3.68. The number of rotatable bonds is 6. The molecule has 0 aliphatic heterocycles. The van der Waals surface area contributed by atoms with Crippen molar-refractivity contribution in [3.8, 4) is 5.88 Å². The van der Waals surface area contributed by atoms with Crippen molar-refractivity contribution in [1.29, 1.82) is 0 Å². The molecule has 0 bridgehead atoms. The van der Waals surface area contributed by atoms with E-state index in [1.54, 1.807) is 0 Å². The van der Waals surface area contributed by atoms with Crippen molar-refractivity contribution in [3.63, 3.8) is 0 Å². The van der Waals surface area contributed by atoms with E-state index in [-0.39, 0.29) is 12.3 Å². The molecular weight excluding hydrogens is 291 g/mol. The molecule has 0 aliphatic rings. The van der Waals surface area contributed by atoms with E-state index in [4.69, 9.17) is 0 Å². The van der Waals surface area contributed by atoms with E-state index in [2.05, 4.69) is 14.7 Å². The van der Waals surface area contributed by atoms with Gasteiger partial charge in [-0.05, 0) is 12.5 Å². The van der Waals surface area contributed by atoms with Crippen LogP contribution >= 0.6 is 11.8 Å². The summed E-state index contributed by atoms with van der Waals surface area (Å²) >= 11 is 1.12. The third-order valence-electron chi connectivity index (χ3n) is 1.67. The fraction of sp³-hybridized carbons (Fsp3) is 0.400. The number of alkyl halides is 3. The second-order valence-corrected chi connectivity index (χ2v) is 4.34. The lowest BCUT2D eigenvalue weighted by molar-refractivity contribution is -0.154. The molecule has 0 spiro atoms. The molecule has 19 heavy (non-hydrogen) atoms. The molecule has 0 aromatic carbocycles. The summed E-state index contributed by atoms with van der Waals surface area (Å²) in [5.74, 6) is 0.120. The number of nitrogens with zero attached hydrogens (tertiary/aromatic N) is 2. The van der Waals surface area contributed by atoms with Gasteiger partial charge < -0.3 is 4.74 Å². The summed E-state index contributed by atoms with van der Waals surface area (Å²) in [6, 6.07) is 1.23. The zero-order valence-electron chi connectivity index (χ0n) is 9.45. The lowest BCUT2D eigenvalue weighted by Gasteiger charge is -2.08. The van der Waals surface area contributed by atoms with Gasteiger partial charge in [0.15, 0.2) is 6.61 Å². The Bertz CT molecular complexity index is 434. The molecule has 0 saturated carbocycles. The highest BCUT2D eigenvalue weighted by Crippen LogP contribution is 2.21. The monoisotopic (exact) mass is 300 g/mol. The standard InChI is InChI=1S/C10H9F5N2OS/c11-7(12)2-1-3-19-9-4-8(16-6-17-9)18-5-10(13,14)15/h2,4,6H,1,3,5H2. The zero-order valence-corrected chi connectivity index (χ0v) is 10.3. The third-order valence-corrected chi connectivity index (χ3v) is 2.63. The number of hydrogen-bond acceptors (Lipinski definition) is 4. The predicted molar refractivity (Wildman–Crippen MR) is 59.2 cm³/mol. The molecule has 1 heterocycles. The van der Waals surface area contributed by atoms with E-state index in [0.29, 0.717) is 10.8 Å². The minimum Gasteiger partial charge on any atom is -0.468 e. The highest BCUT2D eigenvalue weighted by atomic mass is 32.2. The van der Waals surface area contributed by atoms with E-state index >= 15 is 0 Å². The van der Waals surface area contributed by atoms with Gasteiger partial charge in [0, 0.05) is 11.8 Å². The number of thioether (sulfide) groups is 1. The zero-order chi connectivity index (χ0) is 14.3. The highest BCUT2D eigenvalue weighted by molar-refractivity contribution is 7.99. The van der Waals surface area contributed by atoms with Gasteiger partial charge in [0.05, 0.1) is 0 Å². The van der Waals surface area contributed by atoms with Gasteiger partial charge in [-0.25, -0.2) is 9.97 Å². The topological polar surface area (TPSA) is 35.0 Å². The summed E-state index contributed by atoms with van der Waals surface area (Å²) in [6.45, 7) is -1.44. The van der Waals surface area contributed by atoms with Crippen LogP contribution in [0.3, 0.4) is 0 Å². The first kappa shape index (κ1) is 15.7. The van der Waals surface area contributed by atoms with Crippen LogP contribution in [-0.4, -0.2) is 28.5 Å². The Morgan fingerprint density at radius 1 is 1.32 bits per heavy atom. The minimum atomic E-state index is -4.44. The minimum absolute atomic E-state index is 0.135. The van der Waals surface area contributed by atoms with Crippen LogP contribution in [0.2, 0.25) is 0 Å². The van der Waals surface area contributed by atoms with Gasteiger partial charge in [-0.2, -0.15) is 22.0 Å². The molecule has 0 fully saturated rings. The maximum atomic E-state index is 11.9. The van der Waals surface area contributed by atoms with Gasteiger partial charge in [-0.3, -0.25) is 0 Å². The molecule has 9 heteroatoms. The highest BCUT2D eigenvalue weighted by Gasteiger charge is 2.28. The Kier molecular flexibility index (Phi) is 6.00. The first-order chi connectivity index (χ1) is 8.87. The Morgan fingerprint density at radius 2 is 2.05 bits per heavy atom. The van der Waals surface area contributed by atoms with Crippen molar-refractivity contribution in [2.45, 2.75) is 17.6 Å². The van der Waals surface area contributed by atoms with E-state index in [1.165, 1.54) is 6.07 Å². The second kappa shape index (κ2) is 7.27. The summed E-state index contributed by atoms with van der Waals surface area (Å²) in [5, 5.41) is 0.361. The van der Waals surface area contributed by atoms with Crippen molar-refractivity contribution >= 4 is 11.8 Å². The fourth-order valence-corrected chi connectivity index (χ4v) is 1.72. The molecule has 0 radical (unpaired) electrons. The van der Waals surface area contributed by atoms with Crippen LogP contribution in [0.15, 0.2) is 29.6 Å². The summed E-state index contributed by atoms with van der Waals surface area (Å²) in [5.41, 5.74) is 0. The summed E-state index contributed by atoms with van der Waals surface area (Å²) in [7, 11) is 0. The van der Waals surface area contributed by atoms with Gasteiger partial charge in [0.25, 0.3) is 6.08 Å². The summed E-state index contributed by atoms with van der Waals surface area (Å²) < 4.78 is 63.7. The molecule has 0 aliphatic carbocycles. The molecule has 1 rings (SSSR count). The number of halogens is 5. The van der Waals surface area contributed by atoms with Crippen LogP contribution in [0.25, 0.3) is 0 Å². The van der Waals surface area contributed by atoms with Crippen LogP contribution in [0.5, 0.6) is 5.88 Å². The van der Waals surface area contributed by atoms with E-state index < -0.39 is 18.9 Å². The van der Waals surface area contributed by atoms with Gasteiger partial charge in [0.2, 0.25) is 5.88 Å². The van der Waals surface area contributed by atoms with Crippen LogP contribution in [0.4, 0.5) is 22.0 Å². The number of allylic oxidation sites excluding steroid dienone is 1. The Balaban J connectivity index is 2.46. The Hall–Kier alpha value is -1.38. The molecule has 1 aromatic heterocycles. The van der Waals surface area contributed by atoms with Crippen LogP contribution in [0.1, 0.15) is 6.42 Å². The van der Waals surface area contributed by atoms with Crippen molar-refractivity contribution in [2.75, 3.05) is 12.4 Å². The van der Waals surface area contributed by atoms with Gasteiger partial charge in [-0.15, -0.1) is 11.8 Å². The smallest absolute Gasteiger partial charge is 0.422 e. The molecule has 0 amide bonds. The molecule has 0 saturated heterocycles. The van der Waals surface area contributed by atoms with Gasteiger partial charge in [-0.1, -0.05) is 0 Å². The van der Waals surface area contributed by atoms with Gasteiger partial charge in [0.1, 0.15) is 11.4 Å². The molecule has 0 atom stereocenters. The van der Waals surface area contributed by atoms with Gasteiger partial charge >= 0.3 is 6.18 Å². The third kappa shape index (κ3) is 7.60. The lowest BCUT2D eigenvalue weighted by atomic mass is 10.5. The first-order valence-corrected chi connectivity index (χ1v) is 6.01. The van der Waals surface area contributed by atoms with Crippen LogP contribution in [0, 0.1) is 0 Å². The van der Waals surface area contributed by atoms with Crippen molar-refractivity contribution < 1.29 is 26.7 Å². The van der Waals surface area contributed by atoms with Crippen molar-refractivity contribution in [1.82, 2.24) is 9.97 Å². The van der Waals surface area contributed by atoms with Crippen molar-refractivity contribution in [2.24, 2.45) is 0 Å². The molecular formula is C10H9F5N2OS. The van der Waals surface area contributed by atoms with Crippen molar-refractivity contribution in [3.05, 3.63) is 24.6 Å². The van der Waals surface area contributed by atoms with Crippen LogP contribution in [-0.2, 0) is 0 Å². The molecule has 106 valence electrons. The SMILES string of the molecule is FC(F)=CCCSc1cc(OCC(F)(F)F)ncn1. The second-order valence-electron chi connectivity index (χ2n) is 3.23. The molecule has 0 N–H and O–H groups in total. The average molecular weight is 300 g/mol. The Morgan fingerprint density at radius 3 is 2.68 bits per heavy atom. The molecule has 1 aromatic rings. The largest absolute Gasteiger partial charge is 0.468 e. The van der Waals surface area contributed by atoms with E-state index in [0.717, 1.165) is 24.2 Å². The number of aromatic nitrogens is 2. The maximum Gasteiger partial charge on any atom is 0.422 e. The average Bonchev–Trinajstić information content (AvgIpc) is 2.32. The van der Waals surface area contributed by atoms with E-state index in [1.807, 2.05) is 0 Å². The summed E-state index contributed by atoms with van der Waals surface area (Å²) in [6.07, 6.45) is -4.26. The molecule has 0 unspecified atom stereocenters. The number of ether oxygens (including phenoxy) is 1. The first-order valence-electron chi connectivity index (χ1n) is 5.02. The molecule has 3 nitrogen and oxygen atoms in total. The van der Waals surface area contributed by atoms with E-state index in [9.17, 15) is 22.0 Å². The number of hydrogen-bond donors (Lipinski definition) is 0. The fourth-order valence-electron chi connectivity index (χ4n) is 0.968. The maximum absolute atomic E-state index is 11.9. The van der Waals surface area contributed by atoms with Crippen LogP contribution < -0.4 is 4.74 Å².